The minimum Gasteiger partial charge on any atom is -0.339 e. The van der Waals surface area contributed by atoms with E-state index < -0.39 is 17.6 Å². The van der Waals surface area contributed by atoms with Gasteiger partial charge in [0.25, 0.3) is 5.91 Å². The maximum Gasteiger partial charge on any atom is 0.325 e. The zero-order chi connectivity index (χ0) is 21.3. The van der Waals surface area contributed by atoms with Gasteiger partial charge in [0.05, 0.1) is 6.42 Å². The number of pyridine rings is 1. The second kappa shape index (κ2) is 8.04. The molecule has 30 heavy (non-hydrogen) atoms. The quantitative estimate of drug-likeness (QED) is 0.726. The number of nitrogens with zero attached hydrogens (tertiary/aromatic N) is 4. The van der Waals surface area contributed by atoms with E-state index in [2.05, 4.69) is 10.3 Å². The van der Waals surface area contributed by atoms with E-state index in [1.54, 1.807) is 29.0 Å². The highest BCUT2D eigenvalue weighted by molar-refractivity contribution is 6.10. The summed E-state index contributed by atoms with van der Waals surface area (Å²) in [5.74, 6) is -0.563. The lowest BCUT2D eigenvalue weighted by atomic mass is 9.97. The Labute approximate surface area is 175 Å². The molecule has 2 saturated heterocycles. The minimum absolute atomic E-state index is 0.0221. The van der Waals surface area contributed by atoms with Crippen molar-refractivity contribution in [2.75, 3.05) is 26.2 Å². The molecule has 1 N–H and O–H groups in total. The van der Waals surface area contributed by atoms with Crippen molar-refractivity contribution in [2.45, 2.75) is 50.6 Å². The molecule has 3 heterocycles. The van der Waals surface area contributed by atoms with E-state index in [4.69, 9.17) is 0 Å². The number of hydrogen-bond donors (Lipinski definition) is 1. The van der Waals surface area contributed by atoms with Gasteiger partial charge in [-0.25, -0.2) is 9.69 Å². The first-order chi connectivity index (χ1) is 14.4. The smallest absolute Gasteiger partial charge is 0.325 e. The van der Waals surface area contributed by atoms with Crippen LogP contribution >= 0.6 is 0 Å². The molecule has 9 nitrogen and oxygen atoms in total. The molecule has 0 bridgehead atoms. The summed E-state index contributed by atoms with van der Waals surface area (Å²) < 4.78 is 0. The number of carbonyl (C=O) groups excluding carboxylic acids is 4. The van der Waals surface area contributed by atoms with Gasteiger partial charge in [-0.2, -0.15) is 0 Å². The van der Waals surface area contributed by atoms with Gasteiger partial charge in [0, 0.05) is 38.1 Å². The number of piperazine rings is 1. The Morgan fingerprint density at radius 1 is 1.10 bits per heavy atom. The fourth-order valence-electron chi connectivity index (χ4n) is 4.63. The zero-order valence-electron chi connectivity index (χ0n) is 17.2. The fourth-order valence-corrected chi connectivity index (χ4v) is 4.63. The molecule has 160 valence electrons. The molecular weight excluding hydrogens is 386 g/mol. The van der Waals surface area contributed by atoms with Gasteiger partial charge < -0.3 is 15.1 Å². The molecule has 1 aromatic rings. The van der Waals surface area contributed by atoms with Gasteiger partial charge in [0.1, 0.15) is 11.6 Å². The molecule has 4 rings (SSSR count). The molecule has 1 spiro atoms. The highest BCUT2D eigenvalue weighted by Crippen LogP contribution is 2.36. The van der Waals surface area contributed by atoms with Crippen LogP contribution in [-0.2, 0) is 20.8 Å². The summed E-state index contributed by atoms with van der Waals surface area (Å²) in [6.45, 7) is 3.21. The summed E-state index contributed by atoms with van der Waals surface area (Å²) in [7, 11) is 0. The summed E-state index contributed by atoms with van der Waals surface area (Å²) in [6, 6.07) is 4.13. The van der Waals surface area contributed by atoms with Crippen LogP contribution in [0.25, 0.3) is 0 Å². The summed E-state index contributed by atoms with van der Waals surface area (Å²) >= 11 is 0. The van der Waals surface area contributed by atoms with Crippen LogP contribution in [0.5, 0.6) is 0 Å². The second-order valence-corrected chi connectivity index (χ2v) is 8.27. The van der Waals surface area contributed by atoms with E-state index in [9.17, 15) is 19.2 Å². The summed E-state index contributed by atoms with van der Waals surface area (Å²) in [5.41, 5.74) is -0.101. The molecule has 0 aromatic carbocycles. The highest BCUT2D eigenvalue weighted by Gasteiger charge is 2.54. The third-order valence-electron chi connectivity index (χ3n) is 6.40. The lowest BCUT2D eigenvalue weighted by molar-refractivity contribution is -0.145. The molecule has 1 aliphatic carbocycles. The van der Waals surface area contributed by atoms with E-state index in [-0.39, 0.29) is 24.1 Å². The fraction of sp³-hybridized carbons (Fsp3) is 0.571. The average Bonchev–Trinajstić information content (AvgIpc) is 3.32. The number of carbonyl (C=O) groups is 4. The normalized spacial score (nSPS) is 21.8. The van der Waals surface area contributed by atoms with E-state index in [1.807, 2.05) is 12.1 Å². The van der Waals surface area contributed by atoms with Crippen LogP contribution < -0.4 is 5.32 Å². The van der Waals surface area contributed by atoms with E-state index in [0.717, 1.165) is 17.7 Å². The molecule has 1 saturated carbocycles. The third kappa shape index (κ3) is 3.64. The minimum atomic E-state index is -0.853. The third-order valence-corrected chi connectivity index (χ3v) is 6.40. The average molecular weight is 413 g/mol. The van der Waals surface area contributed by atoms with Crippen molar-refractivity contribution in [3.63, 3.8) is 0 Å². The largest absolute Gasteiger partial charge is 0.339 e. The van der Waals surface area contributed by atoms with Crippen molar-refractivity contribution in [1.29, 1.82) is 0 Å². The van der Waals surface area contributed by atoms with Gasteiger partial charge in [-0.3, -0.25) is 19.4 Å². The van der Waals surface area contributed by atoms with Crippen LogP contribution in [0.3, 0.4) is 0 Å². The number of urea groups is 1. The van der Waals surface area contributed by atoms with E-state index in [0.29, 0.717) is 44.7 Å². The van der Waals surface area contributed by atoms with E-state index >= 15 is 0 Å². The molecule has 9 heteroatoms. The predicted octanol–water partition coefficient (Wildman–Crippen LogP) is 0.548. The molecule has 1 aromatic heterocycles. The second-order valence-electron chi connectivity index (χ2n) is 8.27. The first-order valence-corrected chi connectivity index (χ1v) is 10.5. The van der Waals surface area contributed by atoms with Crippen molar-refractivity contribution < 1.29 is 19.2 Å². The Kier molecular flexibility index (Phi) is 5.44. The Morgan fingerprint density at radius 2 is 1.77 bits per heavy atom. The van der Waals surface area contributed by atoms with Crippen LogP contribution in [0.1, 0.15) is 38.3 Å². The molecular formula is C21H27N5O4. The predicted molar refractivity (Wildman–Crippen MR) is 107 cm³/mol. The number of imide groups is 1. The Bertz CT molecular complexity index is 844. The van der Waals surface area contributed by atoms with Gasteiger partial charge in [-0.1, -0.05) is 18.9 Å². The van der Waals surface area contributed by atoms with Crippen LogP contribution in [0.2, 0.25) is 0 Å². The summed E-state index contributed by atoms with van der Waals surface area (Å²) in [4.78, 5) is 59.5. The first-order valence-electron chi connectivity index (χ1n) is 10.5. The summed E-state index contributed by atoms with van der Waals surface area (Å²) in [5, 5.41) is 2.82. The Hall–Kier alpha value is -2.97. The number of rotatable bonds is 4. The summed E-state index contributed by atoms with van der Waals surface area (Å²) in [6.07, 6.45) is 4.95. The molecule has 1 atom stereocenters. The van der Waals surface area contributed by atoms with Crippen molar-refractivity contribution >= 4 is 23.8 Å². The van der Waals surface area contributed by atoms with Crippen LogP contribution in [0.4, 0.5) is 4.79 Å². The SMILES string of the molecule is CC(C(=O)N1CCN(C(=O)Cc2ccccn2)CC1)N1C(=O)NC2(CCCC2)C1=O. The number of amides is 5. The molecule has 1 unspecified atom stereocenters. The van der Waals surface area contributed by atoms with Gasteiger partial charge in [0.2, 0.25) is 11.8 Å². The van der Waals surface area contributed by atoms with Crippen LogP contribution in [-0.4, -0.2) is 81.2 Å². The Balaban J connectivity index is 1.33. The van der Waals surface area contributed by atoms with Gasteiger partial charge >= 0.3 is 6.03 Å². The monoisotopic (exact) mass is 413 g/mol. The maximum absolute atomic E-state index is 13.0. The highest BCUT2D eigenvalue weighted by atomic mass is 16.2. The van der Waals surface area contributed by atoms with Crippen molar-refractivity contribution in [3.05, 3.63) is 30.1 Å². The van der Waals surface area contributed by atoms with Gasteiger partial charge in [-0.15, -0.1) is 0 Å². The lowest BCUT2D eigenvalue weighted by Gasteiger charge is -2.37. The van der Waals surface area contributed by atoms with Gasteiger partial charge in [-0.05, 0) is 31.9 Å². The molecule has 5 amide bonds. The Morgan fingerprint density at radius 3 is 2.40 bits per heavy atom. The van der Waals surface area contributed by atoms with Crippen molar-refractivity contribution in [1.82, 2.24) is 25.0 Å². The number of hydrogen-bond acceptors (Lipinski definition) is 5. The number of aromatic nitrogens is 1. The van der Waals surface area contributed by atoms with Gasteiger partial charge in [0.15, 0.2) is 0 Å². The van der Waals surface area contributed by atoms with Crippen molar-refractivity contribution in [3.8, 4) is 0 Å². The molecule has 0 radical (unpaired) electrons. The van der Waals surface area contributed by atoms with E-state index in [1.165, 1.54) is 0 Å². The van der Waals surface area contributed by atoms with Crippen molar-refractivity contribution in [2.24, 2.45) is 0 Å². The standard InChI is InChI=1S/C21H27N5O4/c1-15(26-19(29)21(23-20(26)30)7-3-4-8-21)18(28)25-12-10-24(11-13-25)17(27)14-16-6-2-5-9-22-16/h2,5-6,9,15H,3-4,7-8,10-14H2,1H3,(H,23,30). The van der Waals surface area contributed by atoms with Crippen LogP contribution in [0, 0.1) is 0 Å². The zero-order valence-corrected chi connectivity index (χ0v) is 17.2. The molecule has 2 aliphatic heterocycles. The van der Waals surface area contributed by atoms with Crippen LogP contribution in [0.15, 0.2) is 24.4 Å². The first kappa shape index (κ1) is 20.3. The topological polar surface area (TPSA) is 103 Å². The number of nitrogens with one attached hydrogen (secondary N) is 1. The molecule has 3 aliphatic rings. The lowest BCUT2D eigenvalue weighted by Crippen LogP contribution is -2.56. The molecule has 3 fully saturated rings. The maximum atomic E-state index is 13.0.